The summed E-state index contributed by atoms with van der Waals surface area (Å²) in [6, 6.07) is 8.09. The van der Waals surface area contributed by atoms with E-state index in [9.17, 15) is 4.79 Å². The van der Waals surface area contributed by atoms with Crippen molar-refractivity contribution < 1.29 is 14.6 Å². The average Bonchev–Trinajstić information content (AvgIpc) is 2.96. The van der Waals surface area contributed by atoms with E-state index in [1.54, 1.807) is 0 Å². The highest BCUT2D eigenvalue weighted by Gasteiger charge is 2.42. The zero-order valence-electron chi connectivity index (χ0n) is 14.4. The van der Waals surface area contributed by atoms with Crippen molar-refractivity contribution in [2.45, 2.75) is 45.2 Å². The zero-order chi connectivity index (χ0) is 16.9. The third-order valence-electron chi connectivity index (χ3n) is 5.41. The summed E-state index contributed by atoms with van der Waals surface area (Å²) >= 11 is 0. The molecule has 1 heterocycles. The molecule has 2 aliphatic rings. The van der Waals surface area contributed by atoms with Gasteiger partial charge in [0.1, 0.15) is 12.4 Å². The van der Waals surface area contributed by atoms with E-state index in [-0.39, 0.29) is 19.2 Å². The molecule has 0 bridgehead atoms. The van der Waals surface area contributed by atoms with Crippen LogP contribution in [0.1, 0.15) is 38.2 Å². The summed E-state index contributed by atoms with van der Waals surface area (Å²) < 4.78 is 5.53. The predicted octanol–water partition coefficient (Wildman–Crippen LogP) is 2.78. The lowest BCUT2D eigenvalue weighted by Crippen LogP contribution is -2.44. The lowest BCUT2D eigenvalue weighted by atomic mass is 9.80. The van der Waals surface area contributed by atoms with E-state index in [0.29, 0.717) is 24.4 Å². The number of carbonyl (C=O) groups excluding carboxylic acids is 1. The van der Waals surface area contributed by atoms with Crippen molar-refractivity contribution in [2.75, 3.05) is 19.8 Å². The van der Waals surface area contributed by atoms with Gasteiger partial charge in [0.2, 0.25) is 0 Å². The minimum atomic E-state index is -0.0184. The van der Waals surface area contributed by atoms with Crippen molar-refractivity contribution >= 4 is 6.03 Å². The van der Waals surface area contributed by atoms with Crippen molar-refractivity contribution in [3.8, 4) is 5.75 Å². The fraction of sp³-hybridized carbons (Fsp3) is 0.632. The van der Waals surface area contributed by atoms with Crippen LogP contribution < -0.4 is 10.1 Å². The Bertz CT molecular complexity index is 563. The Balaban J connectivity index is 1.60. The first-order valence-corrected chi connectivity index (χ1v) is 9.06. The maximum atomic E-state index is 12.7. The fourth-order valence-corrected chi connectivity index (χ4v) is 4.22. The molecule has 2 fully saturated rings. The highest BCUT2D eigenvalue weighted by atomic mass is 16.5. The molecule has 0 spiro atoms. The summed E-state index contributed by atoms with van der Waals surface area (Å²) in [6.45, 7) is 3.83. The number of aliphatic hydroxyl groups is 1. The van der Waals surface area contributed by atoms with E-state index >= 15 is 0 Å². The van der Waals surface area contributed by atoms with Gasteiger partial charge < -0.3 is 20.1 Å². The second-order valence-electron chi connectivity index (χ2n) is 6.98. The Labute approximate surface area is 144 Å². The van der Waals surface area contributed by atoms with Gasteiger partial charge in [-0.1, -0.05) is 38.0 Å². The normalized spacial score (nSPS) is 26.1. The van der Waals surface area contributed by atoms with Crippen LogP contribution in [-0.4, -0.2) is 41.8 Å². The molecular formula is C19H28N2O3. The number of urea groups is 1. The number of rotatable bonds is 5. The van der Waals surface area contributed by atoms with Crippen molar-refractivity contribution in [3.05, 3.63) is 29.8 Å². The van der Waals surface area contributed by atoms with Crippen LogP contribution in [0.25, 0.3) is 0 Å². The Morgan fingerprint density at radius 1 is 1.33 bits per heavy atom. The summed E-state index contributed by atoms with van der Waals surface area (Å²) in [5.74, 6) is 1.99. The van der Waals surface area contributed by atoms with E-state index in [4.69, 9.17) is 9.84 Å². The molecule has 5 nitrogen and oxygen atoms in total. The minimum absolute atomic E-state index is 0.0184. The molecule has 3 rings (SSSR count). The molecule has 0 aromatic heterocycles. The summed E-state index contributed by atoms with van der Waals surface area (Å²) in [7, 11) is 0. The number of hydrogen-bond donors (Lipinski definition) is 2. The van der Waals surface area contributed by atoms with Crippen molar-refractivity contribution in [3.63, 3.8) is 0 Å². The van der Waals surface area contributed by atoms with Gasteiger partial charge >= 0.3 is 6.03 Å². The molecule has 0 unspecified atom stereocenters. The van der Waals surface area contributed by atoms with Crippen LogP contribution in [0, 0.1) is 11.8 Å². The Kier molecular flexibility index (Phi) is 5.61. The van der Waals surface area contributed by atoms with Crippen LogP contribution in [0.2, 0.25) is 0 Å². The molecule has 24 heavy (non-hydrogen) atoms. The van der Waals surface area contributed by atoms with Crippen molar-refractivity contribution in [1.82, 2.24) is 10.2 Å². The highest BCUT2D eigenvalue weighted by Crippen LogP contribution is 2.39. The lowest BCUT2D eigenvalue weighted by molar-refractivity contribution is 0.168. The largest absolute Gasteiger partial charge is 0.491 e. The van der Waals surface area contributed by atoms with Crippen LogP contribution in [-0.2, 0) is 6.54 Å². The van der Waals surface area contributed by atoms with Crippen LogP contribution in [0.5, 0.6) is 5.75 Å². The molecule has 1 aromatic carbocycles. The van der Waals surface area contributed by atoms with Gasteiger partial charge in [0.15, 0.2) is 0 Å². The molecule has 2 N–H and O–H groups in total. The van der Waals surface area contributed by atoms with Crippen molar-refractivity contribution in [2.24, 2.45) is 11.8 Å². The summed E-state index contributed by atoms with van der Waals surface area (Å²) in [6.07, 6.45) is 4.93. The lowest BCUT2D eigenvalue weighted by Gasteiger charge is -2.32. The van der Waals surface area contributed by atoms with E-state index in [1.807, 2.05) is 29.2 Å². The quantitative estimate of drug-likeness (QED) is 0.871. The summed E-state index contributed by atoms with van der Waals surface area (Å²) in [5.41, 5.74) is 0.937. The van der Waals surface area contributed by atoms with Gasteiger partial charge in [0.25, 0.3) is 0 Å². The van der Waals surface area contributed by atoms with Gasteiger partial charge in [-0.15, -0.1) is 0 Å². The number of likely N-dealkylation sites (tertiary alicyclic amines) is 1. The van der Waals surface area contributed by atoms with Crippen LogP contribution >= 0.6 is 0 Å². The Hall–Kier alpha value is -1.75. The average molecular weight is 332 g/mol. The molecule has 1 saturated heterocycles. The second-order valence-corrected chi connectivity index (χ2v) is 6.98. The molecule has 2 amide bonds. The molecule has 1 saturated carbocycles. The van der Waals surface area contributed by atoms with Gasteiger partial charge in [0.05, 0.1) is 6.61 Å². The van der Waals surface area contributed by atoms with E-state index in [1.165, 1.54) is 19.3 Å². The standard InChI is InChI=1S/C19H28N2O3/c1-14-13-21(17-8-4-3-7-16(14)17)19(23)20-12-15-6-2-5-9-18(15)24-11-10-22/h2,5-6,9,14,16-17,22H,3-4,7-8,10-13H2,1H3,(H,20,23)/t14-,16+,17-/m1/s1. The number of para-hydroxylation sites is 1. The molecule has 132 valence electrons. The molecule has 1 aromatic rings. The number of aliphatic hydroxyl groups excluding tert-OH is 1. The number of benzene rings is 1. The van der Waals surface area contributed by atoms with Crippen LogP contribution in [0.15, 0.2) is 24.3 Å². The number of fused-ring (bicyclic) bond motifs is 1. The first-order valence-electron chi connectivity index (χ1n) is 9.06. The summed E-state index contributed by atoms with van der Waals surface area (Å²) in [5, 5.41) is 12.0. The van der Waals surface area contributed by atoms with E-state index < -0.39 is 0 Å². The minimum Gasteiger partial charge on any atom is -0.491 e. The highest BCUT2D eigenvalue weighted by molar-refractivity contribution is 5.75. The van der Waals surface area contributed by atoms with Crippen LogP contribution in [0.3, 0.4) is 0 Å². The topological polar surface area (TPSA) is 61.8 Å². The maximum absolute atomic E-state index is 12.7. The fourth-order valence-electron chi connectivity index (χ4n) is 4.22. The van der Waals surface area contributed by atoms with Gasteiger partial charge in [-0.2, -0.15) is 0 Å². The molecule has 5 heteroatoms. The van der Waals surface area contributed by atoms with E-state index in [0.717, 1.165) is 24.3 Å². The number of nitrogens with zero attached hydrogens (tertiary/aromatic N) is 1. The Morgan fingerprint density at radius 2 is 2.12 bits per heavy atom. The Morgan fingerprint density at radius 3 is 2.96 bits per heavy atom. The predicted molar refractivity (Wildman–Crippen MR) is 92.9 cm³/mol. The maximum Gasteiger partial charge on any atom is 0.317 e. The second kappa shape index (κ2) is 7.88. The number of amides is 2. The third kappa shape index (κ3) is 3.66. The first kappa shape index (κ1) is 17.1. The number of carbonyl (C=O) groups is 1. The third-order valence-corrected chi connectivity index (χ3v) is 5.41. The van der Waals surface area contributed by atoms with Gasteiger partial charge in [0, 0.05) is 24.7 Å². The molecule has 1 aliphatic carbocycles. The molecule has 1 aliphatic heterocycles. The van der Waals surface area contributed by atoms with Gasteiger partial charge in [-0.05, 0) is 30.7 Å². The molecular weight excluding hydrogens is 304 g/mol. The molecule has 3 atom stereocenters. The first-order chi connectivity index (χ1) is 11.7. The smallest absolute Gasteiger partial charge is 0.317 e. The van der Waals surface area contributed by atoms with E-state index in [2.05, 4.69) is 12.2 Å². The number of nitrogens with one attached hydrogen (secondary N) is 1. The zero-order valence-corrected chi connectivity index (χ0v) is 14.4. The van der Waals surface area contributed by atoms with Crippen molar-refractivity contribution in [1.29, 1.82) is 0 Å². The summed E-state index contributed by atoms with van der Waals surface area (Å²) in [4.78, 5) is 14.7. The van der Waals surface area contributed by atoms with Gasteiger partial charge in [-0.3, -0.25) is 0 Å². The monoisotopic (exact) mass is 332 g/mol. The van der Waals surface area contributed by atoms with Crippen LogP contribution in [0.4, 0.5) is 4.79 Å². The number of ether oxygens (including phenoxy) is 1. The van der Waals surface area contributed by atoms with Gasteiger partial charge in [-0.25, -0.2) is 4.79 Å². The SMILES string of the molecule is C[C@@H]1CN(C(=O)NCc2ccccc2OCCO)[C@@H]2CCCC[C@@H]12. The number of hydrogen-bond acceptors (Lipinski definition) is 3. The molecule has 0 radical (unpaired) electrons.